The first-order valence-corrected chi connectivity index (χ1v) is 31.0. The van der Waals surface area contributed by atoms with Gasteiger partial charge >= 0.3 is 0 Å². The van der Waals surface area contributed by atoms with Crippen LogP contribution >= 0.6 is 0 Å². The quantitative estimate of drug-likeness (QED) is 0.239. The molecule has 0 N–H and O–H groups in total. The molecule has 17 rings (SSSR count). The van der Waals surface area contributed by atoms with Gasteiger partial charge in [-0.1, -0.05) is 155 Å². The molecule has 0 unspecified atom stereocenters. The van der Waals surface area contributed by atoms with Gasteiger partial charge in [0.25, 0.3) is 0 Å². The standard InChI is InChI=1S/C73H53B10N5O/c74-59-55(60(75)64(79)67(82)63(59)78)35-29-31-52-44(33-35)56-53(32-30-43-42-21-7-14-28-54(42)89-73(43)56)88(52)72-58(57-61(76)65(80)68(83)66(81)62(57)77)71(87-50-26-12-5-19-40(50)41-20-6-13-27-51(41)87)69(85-46-22-8-1-15-36(46)37-16-2-9-23-47(37)85)45(34-84)70(72)86-48-24-10-3-17-38(48)39-18-4-11-25-49(39)86/h1-33H,74-83H2. The molecule has 0 atom stereocenters. The first-order chi connectivity index (χ1) is 43.4. The minimum absolute atomic E-state index is 0.530. The number of nitrogens with zero attached hydrogens (tertiary/aromatic N) is 5. The van der Waals surface area contributed by atoms with Crippen LogP contribution in [0.5, 0.6) is 0 Å². The van der Waals surface area contributed by atoms with Crippen molar-refractivity contribution >= 4 is 242 Å². The fourth-order valence-electron chi connectivity index (χ4n) is 15.9. The maximum Gasteiger partial charge on any atom is 0.145 e. The highest BCUT2D eigenvalue weighted by Crippen LogP contribution is 2.52. The number of nitriles is 1. The van der Waals surface area contributed by atoms with E-state index in [2.05, 4.69) is 303 Å². The van der Waals surface area contributed by atoms with Gasteiger partial charge in [-0.15, -0.1) is 32.8 Å². The van der Waals surface area contributed by atoms with E-state index in [1.165, 1.54) is 60.2 Å². The maximum atomic E-state index is 13.3. The number of aromatic nitrogens is 4. The number of rotatable bonds is 6. The van der Waals surface area contributed by atoms with Crippen LogP contribution < -0.4 is 54.6 Å². The zero-order chi connectivity index (χ0) is 60.6. The van der Waals surface area contributed by atoms with Crippen molar-refractivity contribution in [1.29, 1.82) is 5.26 Å². The molecule has 0 aliphatic rings. The number of furan rings is 1. The van der Waals surface area contributed by atoms with Crippen LogP contribution in [0.15, 0.2) is 205 Å². The van der Waals surface area contributed by atoms with Crippen LogP contribution in [0.2, 0.25) is 0 Å². The average molecular weight is 1120 g/mol. The fourth-order valence-corrected chi connectivity index (χ4v) is 15.9. The lowest BCUT2D eigenvalue weighted by Crippen LogP contribution is -2.55. The number of fused-ring (bicyclic) bond motifs is 16. The van der Waals surface area contributed by atoms with Crippen molar-refractivity contribution in [2.75, 3.05) is 0 Å². The fraction of sp³-hybridized carbons (Fsp3) is 0. The van der Waals surface area contributed by atoms with E-state index in [0.29, 0.717) is 5.56 Å². The smallest absolute Gasteiger partial charge is 0.145 e. The molecule has 12 aromatic carbocycles. The largest absolute Gasteiger partial charge is 0.455 e. The number of hydrogen-bond donors (Lipinski definition) is 0. The summed E-state index contributed by atoms with van der Waals surface area (Å²) in [6.07, 6.45) is 0. The molecule has 89 heavy (non-hydrogen) atoms. The van der Waals surface area contributed by atoms with Crippen molar-refractivity contribution in [2.24, 2.45) is 0 Å². The molecular weight excluding hydrogens is 1070 g/mol. The summed E-state index contributed by atoms with van der Waals surface area (Å²) in [5, 5.41) is 24.1. The van der Waals surface area contributed by atoms with Crippen molar-refractivity contribution in [3.05, 3.63) is 206 Å². The second kappa shape index (κ2) is 19.4. The van der Waals surface area contributed by atoms with Crippen LogP contribution in [-0.2, 0) is 0 Å². The molecule has 0 spiro atoms. The predicted molar refractivity (Wildman–Crippen MR) is 408 cm³/mol. The van der Waals surface area contributed by atoms with Gasteiger partial charge in [0.15, 0.2) is 0 Å². The third kappa shape index (κ3) is 7.10. The Balaban J connectivity index is 1.23. The molecule has 0 aliphatic heterocycles. The molecule has 5 aromatic heterocycles. The molecule has 16 heteroatoms. The molecule has 406 valence electrons. The van der Waals surface area contributed by atoms with Gasteiger partial charge in [0.05, 0.1) is 72.3 Å². The van der Waals surface area contributed by atoms with E-state index in [1.54, 1.807) is 0 Å². The Morgan fingerprint density at radius 1 is 0.281 bits per heavy atom. The highest BCUT2D eigenvalue weighted by atomic mass is 16.3. The molecule has 5 heterocycles. The van der Waals surface area contributed by atoms with E-state index in [-0.39, 0.29) is 0 Å². The zero-order valence-electron chi connectivity index (χ0n) is 51.7. The molecule has 6 nitrogen and oxygen atoms in total. The van der Waals surface area contributed by atoms with Crippen LogP contribution in [0.1, 0.15) is 5.56 Å². The monoisotopic (exact) mass is 1130 g/mol. The topological polar surface area (TPSA) is 56.6 Å². The van der Waals surface area contributed by atoms with Gasteiger partial charge in [-0.05, 0) is 83.4 Å². The van der Waals surface area contributed by atoms with Gasteiger partial charge in [0.2, 0.25) is 0 Å². The third-order valence-corrected chi connectivity index (χ3v) is 21.0. The Morgan fingerprint density at radius 3 is 1.02 bits per heavy atom. The Morgan fingerprint density at radius 2 is 0.607 bits per heavy atom. The molecule has 0 saturated heterocycles. The van der Waals surface area contributed by atoms with Crippen molar-refractivity contribution in [1.82, 2.24) is 18.3 Å². The van der Waals surface area contributed by atoms with E-state index < -0.39 is 0 Å². The maximum absolute atomic E-state index is 13.3. The molecule has 0 radical (unpaired) electrons. The number of benzene rings is 12. The van der Waals surface area contributed by atoms with Crippen molar-refractivity contribution in [2.45, 2.75) is 0 Å². The van der Waals surface area contributed by atoms with E-state index in [1.807, 2.05) is 0 Å². The lowest BCUT2D eigenvalue weighted by molar-refractivity contribution is 0.673. The molecule has 0 fully saturated rings. The SMILES string of the molecule is Bc1c(B)c(B)c(-c2ccc3c(c2)c2c4oc5ccccc5c4ccc2n3-c2c(-c3c(B)c(B)c(B)c(B)c3B)c(-n3c4ccccc4c4ccccc43)c(-n3c4ccccc4c4ccccc43)c(C#N)c2-n2c3ccccc3c3ccccc32)c(B)c1B. The van der Waals surface area contributed by atoms with Crippen molar-refractivity contribution in [3.8, 4) is 51.1 Å². The lowest BCUT2D eigenvalue weighted by atomic mass is 9.59. The number of para-hydroxylation sites is 7. The molecule has 0 aliphatic carbocycles. The summed E-state index contributed by atoms with van der Waals surface area (Å²) in [5.74, 6) is 0. The van der Waals surface area contributed by atoms with Gasteiger partial charge in [-0.3, -0.25) is 0 Å². The van der Waals surface area contributed by atoms with Crippen molar-refractivity contribution < 1.29 is 4.42 Å². The Labute approximate surface area is 523 Å². The summed E-state index contributed by atoms with van der Waals surface area (Å²) in [4.78, 5) is 0. The summed E-state index contributed by atoms with van der Waals surface area (Å²) in [6.45, 7) is 0. The van der Waals surface area contributed by atoms with Crippen LogP contribution in [0, 0.1) is 11.3 Å². The Kier molecular flexibility index (Phi) is 11.6. The van der Waals surface area contributed by atoms with Crippen LogP contribution in [-0.4, -0.2) is 96.7 Å². The predicted octanol–water partition coefficient (Wildman–Crippen LogP) is 1.76. The van der Waals surface area contributed by atoms with Crippen LogP contribution in [0.4, 0.5) is 0 Å². The summed E-state index contributed by atoms with van der Waals surface area (Å²) < 4.78 is 17.2. The first kappa shape index (κ1) is 53.1. The Hall–Kier alpha value is -10.2. The van der Waals surface area contributed by atoms with Gasteiger partial charge < -0.3 is 22.7 Å². The van der Waals surface area contributed by atoms with Gasteiger partial charge in [-0.25, -0.2) is 0 Å². The third-order valence-electron chi connectivity index (χ3n) is 21.0. The molecular formula is C73H53B10N5O. The minimum Gasteiger partial charge on any atom is -0.455 e. The molecule has 0 bridgehead atoms. The normalized spacial score (nSPS) is 12.0. The number of hydrogen-bond acceptors (Lipinski definition) is 2. The van der Waals surface area contributed by atoms with E-state index in [0.717, 1.165) is 149 Å². The minimum atomic E-state index is 0.530. The van der Waals surface area contributed by atoms with Gasteiger partial charge in [-0.2, -0.15) is 5.26 Å². The highest BCUT2D eigenvalue weighted by Gasteiger charge is 2.37. The summed E-state index contributed by atoms with van der Waals surface area (Å²) in [6, 6.07) is 76.0. The molecule has 17 aromatic rings. The van der Waals surface area contributed by atoms with Crippen LogP contribution in [0.3, 0.4) is 0 Å². The second-order valence-corrected chi connectivity index (χ2v) is 24.9. The highest BCUT2D eigenvalue weighted by molar-refractivity contribution is 6.70. The van der Waals surface area contributed by atoms with E-state index >= 15 is 0 Å². The molecule has 0 amide bonds. The first-order valence-electron chi connectivity index (χ1n) is 31.0. The average Bonchev–Trinajstić information content (AvgIpc) is 1.68. The van der Waals surface area contributed by atoms with E-state index in [9.17, 15) is 5.26 Å². The molecule has 0 saturated carbocycles. The summed E-state index contributed by atoms with van der Waals surface area (Å²) in [5.41, 5.74) is 30.8. The Bertz CT molecular complexity index is 5880. The van der Waals surface area contributed by atoms with Crippen LogP contribution in [0.25, 0.3) is 154 Å². The van der Waals surface area contributed by atoms with Gasteiger partial charge in [0, 0.05) is 54.0 Å². The zero-order valence-corrected chi connectivity index (χ0v) is 51.7. The van der Waals surface area contributed by atoms with Crippen molar-refractivity contribution in [3.63, 3.8) is 0 Å². The van der Waals surface area contributed by atoms with Gasteiger partial charge in [0.1, 0.15) is 101 Å². The lowest BCUT2D eigenvalue weighted by Gasteiger charge is -2.31. The van der Waals surface area contributed by atoms with E-state index in [4.69, 9.17) is 4.42 Å². The second-order valence-electron chi connectivity index (χ2n) is 24.9. The summed E-state index contributed by atoms with van der Waals surface area (Å²) in [7, 11) is 22.9. The summed E-state index contributed by atoms with van der Waals surface area (Å²) >= 11 is 0.